The minimum atomic E-state index is -1.58. The fourth-order valence-corrected chi connectivity index (χ4v) is 3.55. The van der Waals surface area contributed by atoms with Crippen LogP contribution in [0.2, 0.25) is 0 Å². The van der Waals surface area contributed by atoms with E-state index in [0.29, 0.717) is 16.0 Å². The van der Waals surface area contributed by atoms with Crippen LogP contribution >= 0.6 is 0 Å². The number of amides is 1. The average molecular weight is 434 g/mol. The quantitative estimate of drug-likeness (QED) is 0.362. The summed E-state index contributed by atoms with van der Waals surface area (Å²) in [6.45, 7) is 0. The summed E-state index contributed by atoms with van der Waals surface area (Å²) in [5, 5.41) is 30.7. The van der Waals surface area contributed by atoms with Gasteiger partial charge < -0.3 is 21.1 Å². The van der Waals surface area contributed by atoms with E-state index in [9.17, 15) is 29.7 Å². The van der Waals surface area contributed by atoms with Crippen LogP contribution in [0, 0.1) is 0 Å². The average Bonchev–Trinajstić information content (AvgIpc) is 2.77. The maximum absolute atomic E-state index is 13.0. The zero-order valence-corrected chi connectivity index (χ0v) is 16.8. The number of carboxylic acid groups (broad SMARTS) is 1. The molecule has 4 rings (SSSR count). The fraction of sp³-hybridized carbons (Fsp3) is 0.0455. The van der Waals surface area contributed by atoms with E-state index >= 15 is 0 Å². The molecule has 10 nitrogen and oxygen atoms in total. The highest BCUT2D eigenvalue weighted by molar-refractivity contribution is 5.98. The number of fused-ring (bicyclic) bond motifs is 1. The first-order valence-corrected chi connectivity index (χ1v) is 9.37. The largest absolute Gasteiger partial charge is 0.504 e. The molecule has 162 valence electrons. The number of phenolic OH excluding ortho intramolecular Hbond substituents is 2. The zero-order chi connectivity index (χ0) is 23.2. The van der Waals surface area contributed by atoms with E-state index in [-0.39, 0.29) is 5.69 Å². The summed E-state index contributed by atoms with van der Waals surface area (Å²) in [6, 6.07) is 15.6. The molecule has 3 aromatic carbocycles. The van der Waals surface area contributed by atoms with Crippen LogP contribution in [0.3, 0.4) is 0 Å². The van der Waals surface area contributed by atoms with Crippen molar-refractivity contribution >= 4 is 34.1 Å². The van der Waals surface area contributed by atoms with E-state index in [0.717, 1.165) is 26.7 Å². The molecule has 1 amide bonds. The summed E-state index contributed by atoms with van der Waals surface area (Å²) in [6.07, 6.45) is -1.58. The van der Waals surface area contributed by atoms with Crippen LogP contribution in [0.4, 0.5) is 22.0 Å². The van der Waals surface area contributed by atoms with E-state index in [1.165, 1.54) is 13.1 Å². The number of aromatic nitrogens is 2. The van der Waals surface area contributed by atoms with Gasteiger partial charge in [0.25, 0.3) is 5.56 Å². The van der Waals surface area contributed by atoms with Crippen molar-refractivity contribution in [3.8, 4) is 17.2 Å². The summed E-state index contributed by atoms with van der Waals surface area (Å²) in [7, 11) is 1.21. The second-order valence-corrected chi connectivity index (χ2v) is 7.01. The van der Waals surface area contributed by atoms with Gasteiger partial charge in [-0.1, -0.05) is 36.4 Å². The SMILES string of the molecule is Cn1c(=O)c(N(C(=O)O)c2ccc(O)c(O)c2)c(N)n(-c2cccc3ccccc23)c1=O. The predicted molar refractivity (Wildman–Crippen MR) is 119 cm³/mol. The van der Waals surface area contributed by atoms with Gasteiger partial charge in [0.1, 0.15) is 5.82 Å². The van der Waals surface area contributed by atoms with Crippen molar-refractivity contribution in [1.29, 1.82) is 0 Å². The summed E-state index contributed by atoms with van der Waals surface area (Å²) in [5.74, 6) is -1.46. The second kappa shape index (κ2) is 7.51. The molecule has 5 N–H and O–H groups in total. The number of phenols is 2. The van der Waals surface area contributed by atoms with Crippen molar-refractivity contribution in [2.75, 3.05) is 10.6 Å². The zero-order valence-electron chi connectivity index (χ0n) is 16.8. The molecular weight excluding hydrogens is 416 g/mol. The highest BCUT2D eigenvalue weighted by atomic mass is 16.4. The Morgan fingerprint density at radius 1 is 0.969 bits per heavy atom. The molecule has 0 saturated carbocycles. The van der Waals surface area contributed by atoms with Crippen molar-refractivity contribution in [3.63, 3.8) is 0 Å². The maximum atomic E-state index is 13.0. The Morgan fingerprint density at radius 2 is 1.66 bits per heavy atom. The highest BCUT2D eigenvalue weighted by Crippen LogP contribution is 2.34. The molecule has 0 aliphatic carbocycles. The molecule has 10 heteroatoms. The Kier molecular flexibility index (Phi) is 4.82. The van der Waals surface area contributed by atoms with Gasteiger partial charge in [-0.2, -0.15) is 0 Å². The van der Waals surface area contributed by atoms with Crippen molar-refractivity contribution in [3.05, 3.63) is 81.5 Å². The molecule has 0 aliphatic rings. The molecule has 0 fully saturated rings. The number of nitrogens with zero attached hydrogens (tertiary/aromatic N) is 3. The lowest BCUT2D eigenvalue weighted by molar-refractivity contribution is 0.204. The number of aromatic hydroxyl groups is 2. The van der Waals surface area contributed by atoms with Crippen LogP contribution in [-0.2, 0) is 7.05 Å². The Bertz CT molecular complexity index is 1500. The molecule has 32 heavy (non-hydrogen) atoms. The topological polar surface area (TPSA) is 151 Å². The Hall–Kier alpha value is -4.73. The van der Waals surface area contributed by atoms with Crippen LogP contribution in [0.1, 0.15) is 0 Å². The Morgan fingerprint density at radius 3 is 2.34 bits per heavy atom. The smallest absolute Gasteiger partial charge is 0.416 e. The summed E-state index contributed by atoms with van der Waals surface area (Å²) in [4.78, 5) is 38.7. The van der Waals surface area contributed by atoms with Gasteiger partial charge in [0.15, 0.2) is 17.2 Å². The maximum Gasteiger partial charge on any atom is 0.416 e. The van der Waals surface area contributed by atoms with Gasteiger partial charge in [0.2, 0.25) is 0 Å². The first kappa shape index (κ1) is 20.5. The third-order valence-electron chi connectivity index (χ3n) is 5.11. The molecule has 0 spiro atoms. The molecule has 1 heterocycles. The summed E-state index contributed by atoms with van der Waals surface area (Å²) in [5.41, 5.74) is 4.26. The molecule has 0 bridgehead atoms. The minimum Gasteiger partial charge on any atom is -0.504 e. The Balaban J connectivity index is 2.09. The van der Waals surface area contributed by atoms with Crippen LogP contribution < -0.4 is 21.9 Å². The molecule has 0 aliphatic heterocycles. The molecular formula is C22H18N4O6. The fourth-order valence-electron chi connectivity index (χ4n) is 3.55. The van der Waals surface area contributed by atoms with Crippen molar-refractivity contribution in [1.82, 2.24) is 9.13 Å². The number of hydrogen-bond acceptors (Lipinski definition) is 6. The van der Waals surface area contributed by atoms with Crippen molar-refractivity contribution in [2.45, 2.75) is 0 Å². The number of rotatable bonds is 3. The Labute approximate surface area is 180 Å². The van der Waals surface area contributed by atoms with Crippen molar-refractivity contribution in [2.24, 2.45) is 7.05 Å². The molecule has 0 unspecified atom stereocenters. The molecule has 4 aromatic rings. The first-order valence-electron chi connectivity index (χ1n) is 9.37. The predicted octanol–water partition coefficient (Wildman–Crippen LogP) is 2.50. The van der Waals surface area contributed by atoms with E-state index < -0.39 is 40.3 Å². The lowest BCUT2D eigenvalue weighted by Crippen LogP contribution is -2.43. The van der Waals surface area contributed by atoms with Crippen LogP contribution in [0.15, 0.2) is 70.3 Å². The number of nitrogen functional groups attached to an aromatic ring is 1. The third kappa shape index (κ3) is 3.10. The number of hydrogen-bond donors (Lipinski definition) is 4. The summed E-state index contributed by atoms with van der Waals surface area (Å²) >= 11 is 0. The standard InChI is InChI=1S/C22H18N4O6/c1-24-20(29)18(25(22(31)32)13-9-10-16(27)17(28)11-13)19(23)26(21(24)30)15-8-4-6-12-5-2-3-7-14(12)15/h2-11,27-28H,23H2,1H3,(H,31,32). The second-order valence-electron chi connectivity index (χ2n) is 7.01. The van der Waals surface area contributed by atoms with E-state index in [4.69, 9.17) is 5.73 Å². The van der Waals surface area contributed by atoms with Gasteiger partial charge in [-0.15, -0.1) is 0 Å². The van der Waals surface area contributed by atoms with Crippen LogP contribution in [0.5, 0.6) is 11.5 Å². The molecule has 1 aromatic heterocycles. The van der Waals surface area contributed by atoms with Gasteiger partial charge in [-0.3, -0.25) is 9.36 Å². The number of anilines is 3. The van der Waals surface area contributed by atoms with E-state index in [1.807, 2.05) is 18.2 Å². The van der Waals surface area contributed by atoms with Crippen molar-refractivity contribution < 1.29 is 20.1 Å². The van der Waals surface area contributed by atoms with Gasteiger partial charge in [-0.25, -0.2) is 19.1 Å². The molecule has 0 radical (unpaired) electrons. The lowest BCUT2D eigenvalue weighted by atomic mass is 10.1. The normalized spacial score (nSPS) is 10.9. The highest BCUT2D eigenvalue weighted by Gasteiger charge is 2.28. The third-order valence-corrected chi connectivity index (χ3v) is 5.11. The minimum absolute atomic E-state index is 0.153. The van der Waals surface area contributed by atoms with Gasteiger partial charge in [0.05, 0.1) is 11.4 Å². The van der Waals surface area contributed by atoms with Gasteiger partial charge >= 0.3 is 11.8 Å². The van der Waals surface area contributed by atoms with Crippen LogP contribution in [0.25, 0.3) is 16.5 Å². The van der Waals surface area contributed by atoms with Gasteiger partial charge in [-0.05, 0) is 23.6 Å². The van der Waals surface area contributed by atoms with E-state index in [2.05, 4.69) is 0 Å². The lowest BCUT2D eigenvalue weighted by Gasteiger charge is -2.23. The van der Waals surface area contributed by atoms with Crippen LogP contribution in [-0.4, -0.2) is 30.5 Å². The number of benzene rings is 3. The summed E-state index contributed by atoms with van der Waals surface area (Å²) < 4.78 is 1.82. The van der Waals surface area contributed by atoms with Gasteiger partial charge in [0, 0.05) is 18.5 Å². The number of carbonyl (C=O) groups is 1. The monoisotopic (exact) mass is 434 g/mol. The molecule has 0 saturated heterocycles. The first-order chi connectivity index (χ1) is 15.2. The number of nitrogens with two attached hydrogens (primary N) is 1. The van der Waals surface area contributed by atoms with E-state index in [1.54, 1.807) is 24.3 Å². The molecule has 0 atom stereocenters.